The number of amides is 1. The number of sulfonamides is 1. The lowest BCUT2D eigenvalue weighted by Crippen LogP contribution is -2.39. The van der Waals surface area contributed by atoms with E-state index < -0.39 is 15.5 Å². The van der Waals surface area contributed by atoms with Crippen molar-refractivity contribution in [2.24, 2.45) is 11.8 Å². The van der Waals surface area contributed by atoms with Gasteiger partial charge in [-0.2, -0.15) is 4.31 Å². The molecule has 1 N–H and O–H groups in total. The van der Waals surface area contributed by atoms with Gasteiger partial charge in [0.15, 0.2) is 0 Å². The maximum absolute atomic E-state index is 13.3. The Morgan fingerprint density at radius 3 is 2.30 bits per heavy atom. The molecule has 2 aromatic rings. The van der Waals surface area contributed by atoms with Gasteiger partial charge >= 0.3 is 0 Å². The molecule has 1 aromatic carbocycles. The number of carbonyl (C=O) groups excluding carboxylic acids is 1. The third-order valence-electron chi connectivity index (χ3n) is 7.37. The van der Waals surface area contributed by atoms with Gasteiger partial charge in [-0.25, -0.2) is 8.42 Å². The van der Waals surface area contributed by atoms with Crippen LogP contribution in [0.25, 0.3) is 10.9 Å². The van der Waals surface area contributed by atoms with Crippen LogP contribution in [0, 0.1) is 11.8 Å². The summed E-state index contributed by atoms with van der Waals surface area (Å²) in [6.07, 6.45) is 7.24. The summed E-state index contributed by atoms with van der Waals surface area (Å²) < 4.78 is 29.8. The summed E-state index contributed by atoms with van der Waals surface area (Å²) in [6, 6.07) is 4.79. The van der Waals surface area contributed by atoms with Crippen LogP contribution in [0.15, 0.2) is 34.1 Å². The van der Waals surface area contributed by atoms with Crippen molar-refractivity contribution in [2.75, 3.05) is 13.1 Å². The molecule has 0 spiro atoms. The highest BCUT2D eigenvalue weighted by molar-refractivity contribution is 7.89. The maximum Gasteiger partial charge on any atom is 0.256 e. The van der Waals surface area contributed by atoms with Gasteiger partial charge in [-0.3, -0.25) is 9.59 Å². The fraction of sp³-hybridized carbons (Fsp3) is 0.600. The van der Waals surface area contributed by atoms with Crippen molar-refractivity contribution >= 4 is 26.8 Å². The van der Waals surface area contributed by atoms with Crippen molar-refractivity contribution in [2.45, 2.75) is 76.8 Å². The summed E-state index contributed by atoms with van der Waals surface area (Å²) in [5.41, 5.74) is 0.293. The number of nitrogens with zero attached hydrogens (tertiary/aromatic N) is 2. The molecule has 2 aliphatic rings. The normalized spacial score (nSPS) is 23.0. The first-order valence-electron chi connectivity index (χ1n) is 12.2. The zero-order valence-electron chi connectivity index (χ0n) is 19.8. The Balaban J connectivity index is 1.69. The van der Waals surface area contributed by atoms with Crippen molar-refractivity contribution in [1.82, 2.24) is 14.2 Å². The monoisotopic (exact) mass is 473 g/mol. The molecule has 180 valence electrons. The fourth-order valence-electron chi connectivity index (χ4n) is 5.00. The molecular formula is C25H35N3O4S. The minimum Gasteiger partial charge on any atom is -0.349 e. The van der Waals surface area contributed by atoms with E-state index in [1.54, 1.807) is 18.3 Å². The number of benzene rings is 1. The number of aryl methyl sites for hydroxylation is 1. The van der Waals surface area contributed by atoms with Gasteiger partial charge in [0, 0.05) is 37.3 Å². The Hall–Kier alpha value is -2.19. The van der Waals surface area contributed by atoms with E-state index in [0.717, 1.165) is 38.5 Å². The van der Waals surface area contributed by atoms with Crippen molar-refractivity contribution in [3.8, 4) is 0 Å². The van der Waals surface area contributed by atoms with Gasteiger partial charge in [0.2, 0.25) is 15.5 Å². The van der Waals surface area contributed by atoms with E-state index in [1.807, 2.05) is 11.5 Å². The lowest BCUT2D eigenvalue weighted by molar-refractivity contribution is 0.0921. The number of rotatable bonds is 5. The Morgan fingerprint density at radius 1 is 1.03 bits per heavy atom. The van der Waals surface area contributed by atoms with Gasteiger partial charge in [0.25, 0.3) is 5.91 Å². The van der Waals surface area contributed by atoms with Gasteiger partial charge < -0.3 is 9.88 Å². The van der Waals surface area contributed by atoms with E-state index in [0.29, 0.717) is 37.0 Å². The summed E-state index contributed by atoms with van der Waals surface area (Å²) in [5.74, 6) is 0.805. The highest BCUT2D eigenvalue weighted by Crippen LogP contribution is 2.26. The van der Waals surface area contributed by atoms with Gasteiger partial charge in [-0.15, -0.1) is 0 Å². The van der Waals surface area contributed by atoms with Crippen molar-refractivity contribution in [3.05, 3.63) is 40.2 Å². The molecule has 2 fully saturated rings. The number of aromatic nitrogens is 1. The molecule has 1 saturated heterocycles. The molecule has 4 rings (SSSR count). The smallest absolute Gasteiger partial charge is 0.256 e. The largest absolute Gasteiger partial charge is 0.349 e. The van der Waals surface area contributed by atoms with E-state index in [1.165, 1.54) is 10.4 Å². The Bertz CT molecular complexity index is 1190. The molecule has 0 unspecified atom stereocenters. The molecule has 1 amide bonds. The molecule has 33 heavy (non-hydrogen) atoms. The average molecular weight is 474 g/mol. The first-order chi connectivity index (χ1) is 15.7. The number of fused-ring (bicyclic) bond motifs is 1. The van der Waals surface area contributed by atoms with Gasteiger partial charge in [0.1, 0.15) is 5.56 Å². The van der Waals surface area contributed by atoms with E-state index in [9.17, 15) is 18.0 Å². The molecule has 1 saturated carbocycles. The van der Waals surface area contributed by atoms with Gasteiger partial charge in [-0.1, -0.05) is 13.8 Å². The van der Waals surface area contributed by atoms with Crippen LogP contribution < -0.4 is 10.7 Å². The van der Waals surface area contributed by atoms with E-state index in [-0.39, 0.29) is 27.8 Å². The minimum atomic E-state index is -3.69. The number of nitrogens with one attached hydrogen (secondary N) is 1. The molecule has 7 nitrogen and oxygen atoms in total. The zero-order valence-corrected chi connectivity index (χ0v) is 20.7. The van der Waals surface area contributed by atoms with Crippen molar-refractivity contribution < 1.29 is 13.2 Å². The van der Waals surface area contributed by atoms with Crippen LogP contribution in [0.2, 0.25) is 0 Å². The summed E-state index contributed by atoms with van der Waals surface area (Å²) in [4.78, 5) is 26.5. The number of piperidine rings is 1. The maximum atomic E-state index is 13.3. The molecule has 1 aliphatic carbocycles. The van der Waals surface area contributed by atoms with Crippen LogP contribution in [0.3, 0.4) is 0 Å². The molecular weight excluding hydrogens is 438 g/mol. The fourth-order valence-corrected chi connectivity index (χ4v) is 6.50. The SMILES string of the molecule is CCn1cc(C(=O)NC2CCC(C)CC2)c(=O)c2cc(S(=O)(=O)N3CCC(C)CC3)ccc21. The molecule has 0 bridgehead atoms. The predicted molar refractivity (Wildman–Crippen MR) is 130 cm³/mol. The zero-order chi connectivity index (χ0) is 23.8. The van der Waals surface area contributed by atoms with Crippen molar-refractivity contribution in [1.29, 1.82) is 0 Å². The van der Waals surface area contributed by atoms with Crippen LogP contribution in [0.1, 0.15) is 69.7 Å². The second kappa shape index (κ2) is 9.58. The highest BCUT2D eigenvalue weighted by atomic mass is 32.2. The number of hydrogen-bond acceptors (Lipinski definition) is 4. The van der Waals surface area contributed by atoms with E-state index >= 15 is 0 Å². The summed E-state index contributed by atoms with van der Waals surface area (Å²) in [5, 5.41) is 3.31. The summed E-state index contributed by atoms with van der Waals surface area (Å²) in [6.45, 7) is 7.83. The van der Waals surface area contributed by atoms with Crippen LogP contribution >= 0.6 is 0 Å². The summed E-state index contributed by atoms with van der Waals surface area (Å²) in [7, 11) is -3.69. The predicted octanol–water partition coefficient (Wildman–Crippen LogP) is 3.75. The molecule has 0 radical (unpaired) electrons. The second-order valence-electron chi connectivity index (χ2n) is 9.85. The molecule has 1 aromatic heterocycles. The van der Waals surface area contributed by atoms with E-state index in [4.69, 9.17) is 0 Å². The van der Waals surface area contributed by atoms with Crippen LogP contribution in [0.5, 0.6) is 0 Å². The molecule has 0 atom stereocenters. The first-order valence-corrected chi connectivity index (χ1v) is 13.6. The third-order valence-corrected chi connectivity index (χ3v) is 9.26. The Morgan fingerprint density at radius 2 is 1.67 bits per heavy atom. The number of pyridine rings is 1. The number of carbonyl (C=O) groups is 1. The van der Waals surface area contributed by atoms with Crippen LogP contribution in [-0.2, 0) is 16.6 Å². The Kier molecular flexibility index (Phi) is 6.96. The molecule has 8 heteroatoms. The van der Waals surface area contributed by atoms with Crippen LogP contribution in [-0.4, -0.2) is 42.3 Å². The standard InChI is InChI=1S/C25H35N3O4S/c1-4-27-16-22(25(30)26-19-7-5-17(2)6-8-19)24(29)21-15-20(9-10-23(21)27)33(31,32)28-13-11-18(3)12-14-28/h9-10,15-19H,4-8,11-14H2,1-3H3,(H,26,30). The van der Waals surface area contributed by atoms with Crippen molar-refractivity contribution in [3.63, 3.8) is 0 Å². The quantitative estimate of drug-likeness (QED) is 0.716. The Labute approximate surface area is 196 Å². The van der Waals surface area contributed by atoms with Gasteiger partial charge in [0.05, 0.1) is 10.4 Å². The van der Waals surface area contributed by atoms with Gasteiger partial charge in [-0.05, 0) is 75.5 Å². The minimum absolute atomic E-state index is 0.0734. The molecule has 2 heterocycles. The molecule has 1 aliphatic heterocycles. The van der Waals surface area contributed by atoms with Crippen LogP contribution in [0.4, 0.5) is 0 Å². The lowest BCUT2D eigenvalue weighted by atomic mass is 9.87. The second-order valence-corrected chi connectivity index (χ2v) is 11.8. The average Bonchev–Trinajstić information content (AvgIpc) is 2.81. The first kappa shape index (κ1) is 24.0. The third kappa shape index (κ3) is 4.87. The number of hydrogen-bond donors (Lipinski definition) is 1. The lowest BCUT2D eigenvalue weighted by Gasteiger charge is -2.29. The topological polar surface area (TPSA) is 88.5 Å². The summed E-state index contributed by atoms with van der Waals surface area (Å²) >= 11 is 0. The highest BCUT2D eigenvalue weighted by Gasteiger charge is 2.29. The van der Waals surface area contributed by atoms with E-state index in [2.05, 4.69) is 19.2 Å².